The fourth-order valence-corrected chi connectivity index (χ4v) is 4.18. The minimum Gasteiger partial charge on any atom is -0.496 e. The number of benzene rings is 2. The topological polar surface area (TPSA) is 75.7 Å². The van der Waals surface area contributed by atoms with Crippen LogP contribution in [0.15, 0.2) is 41.3 Å². The van der Waals surface area contributed by atoms with E-state index in [1.807, 2.05) is 19.1 Å². The summed E-state index contributed by atoms with van der Waals surface area (Å²) in [6, 6.07) is 10.6. The number of halogens is 1. The number of amides is 3. The Labute approximate surface area is 190 Å². The molecule has 0 aliphatic carbocycles. The molecule has 0 radical (unpaired) electrons. The van der Waals surface area contributed by atoms with Crippen LogP contribution in [0.25, 0.3) is 6.08 Å². The molecular formula is C23H23ClN2O4S. The maximum absolute atomic E-state index is 12.8. The van der Waals surface area contributed by atoms with Gasteiger partial charge in [0.2, 0.25) is 5.91 Å². The number of anilines is 1. The van der Waals surface area contributed by atoms with Crippen LogP contribution in [0.1, 0.15) is 36.5 Å². The Kier molecular flexibility index (Phi) is 7.08. The number of ether oxygens (including phenoxy) is 1. The highest BCUT2D eigenvalue weighted by atomic mass is 35.5. The van der Waals surface area contributed by atoms with E-state index in [9.17, 15) is 14.4 Å². The van der Waals surface area contributed by atoms with Gasteiger partial charge in [0.1, 0.15) is 12.3 Å². The number of hydrogen-bond acceptors (Lipinski definition) is 5. The summed E-state index contributed by atoms with van der Waals surface area (Å²) < 4.78 is 5.46. The van der Waals surface area contributed by atoms with Crippen molar-refractivity contribution in [3.8, 4) is 5.75 Å². The van der Waals surface area contributed by atoms with Crippen LogP contribution in [0.5, 0.6) is 5.75 Å². The van der Waals surface area contributed by atoms with Crippen molar-refractivity contribution in [3.05, 3.63) is 63.0 Å². The number of methoxy groups -OCH3 is 1. The van der Waals surface area contributed by atoms with E-state index >= 15 is 0 Å². The van der Waals surface area contributed by atoms with Gasteiger partial charge in [-0.15, -0.1) is 0 Å². The molecule has 1 heterocycles. The van der Waals surface area contributed by atoms with Crippen molar-refractivity contribution in [2.45, 2.75) is 26.7 Å². The minimum absolute atomic E-state index is 0.228. The number of para-hydroxylation sites is 1. The van der Waals surface area contributed by atoms with Crippen molar-refractivity contribution < 1.29 is 19.1 Å². The first kappa shape index (κ1) is 22.9. The molecule has 0 bridgehead atoms. The summed E-state index contributed by atoms with van der Waals surface area (Å²) >= 11 is 6.86. The zero-order valence-electron chi connectivity index (χ0n) is 17.7. The quantitative estimate of drug-likeness (QED) is 0.582. The van der Waals surface area contributed by atoms with Gasteiger partial charge in [-0.1, -0.05) is 37.6 Å². The molecule has 0 atom stereocenters. The standard InChI is InChI=1S/C23H23ClN2O4S/c1-13(2)16-10-15(14(3)9-19(16)30-4)11-20-22(28)26(23(29)31-20)12-21(27)25-18-8-6-5-7-17(18)24/h5-11,13H,12H2,1-4H3,(H,25,27)/b20-11+. The van der Waals surface area contributed by atoms with Gasteiger partial charge in [-0.3, -0.25) is 19.3 Å². The third-order valence-corrected chi connectivity index (χ3v) is 6.09. The van der Waals surface area contributed by atoms with E-state index in [1.54, 1.807) is 37.5 Å². The van der Waals surface area contributed by atoms with Gasteiger partial charge in [0.25, 0.3) is 11.1 Å². The Balaban J connectivity index is 1.80. The molecule has 1 saturated heterocycles. The highest BCUT2D eigenvalue weighted by Crippen LogP contribution is 2.35. The third kappa shape index (κ3) is 5.11. The summed E-state index contributed by atoms with van der Waals surface area (Å²) in [5.74, 6) is 0.0188. The summed E-state index contributed by atoms with van der Waals surface area (Å²) in [6.07, 6.45) is 1.69. The van der Waals surface area contributed by atoms with Crippen LogP contribution in [-0.2, 0) is 9.59 Å². The van der Waals surface area contributed by atoms with Gasteiger partial charge >= 0.3 is 0 Å². The van der Waals surface area contributed by atoms with Crippen LogP contribution in [0, 0.1) is 6.92 Å². The number of hydrogen-bond donors (Lipinski definition) is 1. The molecular weight excluding hydrogens is 436 g/mol. The highest BCUT2D eigenvalue weighted by Gasteiger charge is 2.36. The molecule has 0 spiro atoms. The zero-order valence-corrected chi connectivity index (χ0v) is 19.3. The van der Waals surface area contributed by atoms with Crippen LogP contribution in [0.4, 0.5) is 10.5 Å². The molecule has 2 aromatic carbocycles. The molecule has 1 N–H and O–H groups in total. The maximum atomic E-state index is 12.8. The summed E-state index contributed by atoms with van der Waals surface area (Å²) in [4.78, 5) is 38.8. The fraction of sp³-hybridized carbons (Fsp3) is 0.261. The van der Waals surface area contributed by atoms with Crippen molar-refractivity contribution in [3.63, 3.8) is 0 Å². The molecule has 3 rings (SSSR count). The molecule has 0 saturated carbocycles. The van der Waals surface area contributed by atoms with Crippen molar-refractivity contribution >= 4 is 52.2 Å². The number of aryl methyl sites for hydroxylation is 1. The number of thioether (sulfide) groups is 1. The number of carbonyl (C=O) groups is 3. The molecule has 3 amide bonds. The van der Waals surface area contributed by atoms with Gasteiger partial charge in [-0.05, 0) is 71.6 Å². The maximum Gasteiger partial charge on any atom is 0.294 e. The Morgan fingerprint density at radius 1 is 1.26 bits per heavy atom. The van der Waals surface area contributed by atoms with E-state index in [0.717, 1.165) is 39.1 Å². The van der Waals surface area contributed by atoms with E-state index in [-0.39, 0.29) is 17.4 Å². The average Bonchev–Trinajstić information content (AvgIpc) is 2.98. The highest BCUT2D eigenvalue weighted by molar-refractivity contribution is 8.18. The van der Waals surface area contributed by atoms with E-state index in [1.165, 1.54) is 0 Å². The lowest BCUT2D eigenvalue weighted by molar-refractivity contribution is -0.127. The molecule has 1 fully saturated rings. The largest absolute Gasteiger partial charge is 0.496 e. The van der Waals surface area contributed by atoms with E-state index in [0.29, 0.717) is 10.7 Å². The Hall–Kier alpha value is -2.77. The van der Waals surface area contributed by atoms with Crippen molar-refractivity contribution in [1.29, 1.82) is 0 Å². The molecule has 0 unspecified atom stereocenters. The molecule has 1 aliphatic rings. The zero-order chi connectivity index (χ0) is 22.7. The second kappa shape index (κ2) is 9.58. The first-order chi connectivity index (χ1) is 14.7. The summed E-state index contributed by atoms with van der Waals surface area (Å²) in [5, 5.41) is 2.52. The molecule has 162 valence electrons. The van der Waals surface area contributed by atoms with Gasteiger partial charge in [-0.25, -0.2) is 0 Å². The van der Waals surface area contributed by atoms with E-state index in [4.69, 9.17) is 16.3 Å². The summed E-state index contributed by atoms with van der Waals surface area (Å²) in [5.41, 5.74) is 3.18. The SMILES string of the molecule is COc1cc(C)c(/C=C2/SC(=O)N(CC(=O)Nc3ccccc3Cl)C2=O)cc1C(C)C. The second-order valence-electron chi connectivity index (χ2n) is 7.40. The lowest BCUT2D eigenvalue weighted by Crippen LogP contribution is -2.36. The van der Waals surface area contributed by atoms with Crippen LogP contribution in [0.2, 0.25) is 5.02 Å². The predicted octanol–water partition coefficient (Wildman–Crippen LogP) is 5.46. The average molecular weight is 459 g/mol. The van der Waals surface area contributed by atoms with Gasteiger partial charge in [0.05, 0.1) is 22.7 Å². The van der Waals surface area contributed by atoms with Crippen molar-refractivity contribution in [1.82, 2.24) is 4.90 Å². The number of rotatable bonds is 6. The van der Waals surface area contributed by atoms with Crippen LogP contribution in [-0.4, -0.2) is 35.6 Å². The van der Waals surface area contributed by atoms with Crippen molar-refractivity contribution in [2.24, 2.45) is 0 Å². The van der Waals surface area contributed by atoms with Gasteiger partial charge in [0, 0.05) is 0 Å². The molecule has 6 nitrogen and oxygen atoms in total. The van der Waals surface area contributed by atoms with E-state index in [2.05, 4.69) is 19.2 Å². The predicted molar refractivity (Wildman–Crippen MR) is 125 cm³/mol. The molecule has 2 aromatic rings. The van der Waals surface area contributed by atoms with Crippen LogP contribution >= 0.6 is 23.4 Å². The molecule has 0 aromatic heterocycles. The van der Waals surface area contributed by atoms with Crippen LogP contribution in [0.3, 0.4) is 0 Å². The lowest BCUT2D eigenvalue weighted by Gasteiger charge is -2.15. The lowest BCUT2D eigenvalue weighted by atomic mass is 9.96. The van der Waals surface area contributed by atoms with Gasteiger partial charge < -0.3 is 10.1 Å². The second-order valence-corrected chi connectivity index (χ2v) is 8.80. The van der Waals surface area contributed by atoms with Crippen molar-refractivity contribution in [2.75, 3.05) is 19.0 Å². The first-order valence-electron chi connectivity index (χ1n) is 9.69. The third-order valence-electron chi connectivity index (χ3n) is 4.85. The minimum atomic E-state index is -0.501. The van der Waals surface area contributed by atoms with Gasteiger partial charge in [0.15, 0.2) is 0 Å². The fourth-order valence-electron chi connectivity index (χ4n) is 3.17. The summed E-state index contributed by atoms with van der Waals surface area (Å²) in [6.45, 7) is 5.65. The number of nitrogens with one attached hydrogen (secondary N) is 1. The number of nitrogens with zero attached hydrogens (tertiary/aromatic N) is 1. The number of imide groups is 1. The Bertz CT molecular complexity index is 1080. The molecule has 31 heavy (non-hydrogen) atoms. The normalized spacial score (nSPS) is 15.2. The summed E-state index contributed by atoms with van der Waals surface area (Å²) in [7, 11) is 1.62. The Morgan fingerprint density at radius 3 is 2.61 bits per heavy atom. The Morgan fingerprint density at radius 2 is 1.97 bits per heavy atom. The van der Waals surface area contributed by atoms with Crippen LogP contribution < -0.4 is 10.1 Å². The monoisotopic (exact) mass is 458 g/mol. The molecule has 1 aliphatic heterocycles. The molecule has 8 heteroatoms. The first-order valence-corrected chi connectivity index (χ1v) is 10.9. The number of carbonyl (C=O) groups excluding carboxylic acids is 3. The van der Waals surface area contributed by atoms with E-state index < -0.39 is 17.1 Å². The smallest absolute Gasteiger partial charge is 0.294 e. The van der Waals surface area contributed by atoms with Gasteiger partial charge in [-0.2, -0.15) is 0 Å².